The second-order valence-corrected chi connectivity index (χ2v) is 8.26. The number of hydrogen-bond donors (Lipinski definition) is 0. The van der Waals surface area contributed by atoms with Gasteiger partial charge in [0.15, 0.2) is 0 Å². The zero-order chi connectivity index (χ0) is 24.2. The van der Waals surface area contributed by atoms with Gasteiger partial charge >= 0.3 is 5.97 Å². The number of rotatable bonds is 6. The number of aryl methyl sites for hydroxylation is 1. The Balaban J connectivity index is 1.71. The van der Waals surface area contributed by atoms with Gasteiger partial charge < -0.3 is 4.74 Å². The standard InChI is InChI=1S/C24H18N4O5S/c1-15-3-12-20-21(13-15)34-24(26-20)27(25-14-16-4-10-19(11-5-16)28(31)32)22(29)17-6-8-18(9-7-17)23(30)33-2/h3-14H,1-2H3/b25-14+. The molecule has 34 heavy (non-hydrogen) atoms. The number of nitro benzene ring substituents is 1. The first-order chi connectivity index (χ1) is 16.4. The third kappa shape index (κ3) is 4.81. The largest absolute Gasteiger partial charge is 0.465 e. The number of nitro groups is 1. The minimum atomic E-state index is -0.506. The third-order valence-corrected chi connectivity index (χ3v) is 5.88. The van der Waals surface area contributed by atoms with Crippen LogP contribution in [0.15, 0.2) is 71.8 Å². The molecular weight excluding hydrogens is 456 g/mol. The Hall–Kier alpha value is -4.44. The summed E-state index contributed by atoms with van der Waals surface area (Å²) in [4.78, 5) is 40.0. The van der Waals surface area contributed by atoms with Gasteiger partial charge in [-0.2, -0.15) is 10.1 Å². The molecule has 0 bridgehead atoms. The number of aromatic nitrogens is 1. The highest BCUT2D eigenvalue weighted by molar-refractivity contribution is 7.22. The summed E-state index contributed by atoms with van der Waals surface area (Å²) in [5, 5.41) is 16.8. The number of methoxy groups -OCH3 is 1. The van der Waals surface area contributed by atoms with Crippen molar-refractivity contribution in [2.45, 2.75) is 6.92 Å². The van der Waals surface area contributed by atoms with Crippen molar-refractivity contribution in [2.75, 3.05) is 12.1 Å². The molecule has 170 valence electrons. The van der Waals surface area contributed by atoms with Gasteiger partial charge in [0, 0.05) is 17.7 Å². The molecule has 1 heterocycles. The van der Waals surface area contributed by atoms with Crippen molar-refractivity contribution in [3.05, 3.63) is 99.1 Å². The molecule has 0 unspecified atom stereocenters. The smallest absolute Gasteiger partial charge is 0.337 e. The number of fused-ring (bicyclic) bond motifs is 1. The highest BCUT2D eigenvalue weighted by Gasteiger charge is 2.21. The van der Waals surface area contributed by atoms with Crippen LogP contribution in [0.4, 0.5) is 10.8 Å². The number of thiazole rings is 1. The number of carbonyl (C=O) groups is 2. The van der Waals surface area contributed by atoms with Crippen LogP contribution in [-0.2, 0) is 4.74 Å². The molecule has 0 saturated heterocycles. The maximum Gasteiger partial charge on any atom is 0.337 e. The minimum absolute atomic E-state index is 0.0441. The number of amides is 1. The fourth-order valence-corrected chi connectivity index (χ4v) is 4.11. The van der Waals surface area contributed by atoms with E-state index in [0.29, 0.717) is 21.8 Å². The Morgan fingerprint density at radius 1 is 1.06 bits per heavy atom. The van der Waals surface area contributed by atoms with E-state index in [9.17, 15) is 19.7 Å². The van der Waals surface area contributed by atoms with Gasteiger partial charge in [-0.1, -0.05) is 17.4 Å². The van der Waals surface area contributed by atoms with Crippen LogP contribution in [0, 0.1) is 17.0 Å². The molecule has 0 aliphatic rings. The van der Waals surface area contributed by atoms with Crippen LogP contribution in [-0.4, -0.2) is 35.1 Å². The number of carbonyl (C=O) groups excluding carboxylic acids is 2. The predicted octanol–water partition coefficient (Wildman–Crippen LogP) is 4.98. The number of ether oxygens (including phenoxy) is 1. The van der Waals surface area contributed by atoms with Crippen molar-refractivity contribution in [1.82, 2.24) is 4.98 Å². The van der Waals surface area contributed by atoms with E-state index in [0.717, 1.165) is 15.8 Å². The van der Waals surface area contributed by atoms with E-state index in [-0.39, 0.29) is 5.69 Å². The summed E-state index contributed by atoms with van der Waals surface area (Å²) in [6.07, 6.45) is 1.43. The Labute approximate surface area is 198 Å². The van der Waals surface area contributed by atoms with E-state index in [1.807, 2.05) is 25.1 Å². The molecule has 0 atom stereocenters. The van der Waals surface area contributed by atoms with Gasteiger partial charge in [0.25, 0.3) is 11.6 Å². The Bertz CT molecular complexity index is 1410. The number of hydrazone groups is 1. The van der Waals surface area contributed by atoms with Crippen LogP contribution >= 0.6 is 11.3 Å². The molecule has 0 N–H and O–H groups in total. The average Bonchev–Trinajstić information content (AvgIpc) is 3.26. The van der Waals surface area contributed by atoms with Gasteiger partial charge in [0.2, 0.25) is 5.13 Å². The van der Waals surface area contributed by atoms with E-state index in [2.05, 4.69) is 10.1 Å². The molecular formula is C24H18N4O5S. The Kier molecular flexibility index (Phi) is 6.42. The average molecular weight is 474 g/mol. The number of benzene rings is 3. The van der Waals surface area contributed by atoms with Crippen LogP contribution in [0.25, 0.3) is 10.2 Å². The van der Waals surface area contributed by atoms with Gasteiger partial charge in [0.05, 0.1) is 34.0 Å². The molecule has 0 spiro atoms. The second kappa shape index (κ2) is 9.59. The zero-order valence-electron chi connectivity index (χ0n) is 18.2. The fourth-order valence-electron chi connectivity index (χ4n) is 3.09. The number of anilines is 1. The summed E-state index contributed by atoms with van der Waals surface area (Å²) in [5.74, 6) is -0.959. The highest BCUT2D eigenvalue weighted by atomic mass is 32.1. The second-order valence-electron chi connectivity index (χ2n) is 7.25. The van der Waals surface area contributed by atoms with Crippen molar-refractivity contribution in [3.63, 3.8) is 0 Å². The molecule has 0 fully saturated rings. The van der Waals surface area contributed by atoms with E-state index in [1.165, 1.54) is 78.2 Å². The maximum absolute atomic E-state index is 13.4. The minimum Gasteiger partial charge on any atom is -0.465 e. The molecule has 10 heteroatoms. The SMILES string of the molecule is COC(=O)c1ccc(C(=O)N(/N=C/c2ccc([N+](=O)[O-])cc2)c2nc3ccc(C)cc3s2)cc1. The van der Waals surface area contributed by atoms with Gasteiger partial charge in [-0.15, -0.1) is 0 Å². The molecule has 4 rings (SSSR count). The Morgan fingerprint density at radius 3 is 2.38 bits per heavy atom. The summed E-state index contributed by atoms with van der Waals surface area (Å²) in [5.41, 5.74) is 2.93. The molecule has 3 aromatic carbocycles. The number of hydrogen-bond acceptors (Lipinski definition) is 8. The lowest BCUT2D eigenvalue weighted by molar-refractivity contribution is -0.384. The van der Waals surface area contributed by atoms with Crippen LogP contribution in [0.1, 0.15) is 31.8 Å². The lowest BCUT2D eigenvalue weighted by atomic mass is 10.1. The van der Waals surface area contributed by atoms with E-state index >= 15 is 0 Å². The summed E-state index contributed by atoms with van der Waals surface area (Å²) < 4.78 is 5.60. The van der Waals surface area contributed by atoms with Crippen molar-refractivity contribution in [2.24, 2.45) is 5.10 Å². The van der Waals surface area contributed by atoms with Crippen molar-refractivity contribution in [1.29, 1.82) is 0 Å². The molecule has 0 saturated carbocycles. The molecule has 0 aliphatic carbocycles. The number of nitrogens with zero attached hydrogens (tertiary/aromatic N) is 4. The molecule has 0 aliphatic heterocycles. The van der Waals surface area contributed by atoms with Crippen molar-refractivity contribution in [3.8, 4) is 0 Å². The van der Waals surface area contributed by atoms with E-state index in [1.54, 1.807) is 0 Å². The normalized spacial score (nSPS) is 11.0. The lowest BCUT2D eigenvalue weighted by Crippen LogP contribution is -2.25. The summed E-state index contributed by atoms with van der Waals surface area (Å²) in [6.45, 7) is 1.97. The van der Waals surface area contributed by atoms with Crippen molar-refractivity contribution < 1.29 is 19.2 Å². The number of non-ortho nitro benzene ring substituents is 1. The summed E-state index contributed by atoms with van der Waals surface area (Å²) in [6, 6.07) is 17.6. The summed E-state index contributed by atoms with van der Waals surface area (Å²) >= 11 is 1.31. The van der Waals surface area contributed by atoms with Crippen LogP contribution in [0.3, 0.4) is 0 Å². The van der Waals surface area contributed by atoms with Crippen LogP contribution < -0.4 is 5.01 Å². The van der Waals surface area contributed by atoms with Gasteiger partial charge in [-0.05, 0) is 66.6 Å². The third-order valence-electron chi connectivity index (χ3n) is 4.89. The zero-order valence-corrected chi connectivity index (χ0v) is 19.0. The van der Waals surface area contributed by atoms with Crippen LogP contribution in [0.2, 0.25) is 0 Å². The van der Waals surface area contributed by atoms with E-state index in [4.69, 9.17) is 4.74 Å². The van der Waals surface area contributed by atoms with Crippen molar-refractivity contribution >= 4 is 50.5 Å². The van der Waals surface area contributed by atoms with E-state index < -0.39 is 16.8 Å². The number of esters is 1. The quantitative estimate of drug-likeness (QED) is 0.168. The van der Waals surface area contributed by atoms with Gasteiger partial charge in [-0.25, -0.2) is 9.78 Å². The molecule has 1 aromatic heterocycles. The fraction of sp³-hybridized carbons (Fsp3) is 0.0833. The first-order valence-corrected chi connectivity index (χ1v) is 10.9. The lowest BCUT2D eigenvalue weighted by Gasteiger charge is -2.14. The topological polar surface area (TPSA) is 115 Å². The van der Waals surface area contributed by atoms with Gasteiger partial charge in [0.1, 0.15) is 0 Å². The monoisotopic (exact) mass is 474 g/mol. The van der Waals surface area contributed by atoms with Crippen LogP contribution in [0.5, 0.6) is 0 Å². The van der Waals surface area contributed by atoms with Gasteiger partial charge in [-0.3, -0.25) is 14.9 Å². The Morgan fingerprint density at radius 2 is 1.74 bits per heavy atom. The molecule has 9 nitrogen and oxygen atoms in total. The molecule has 0 radical (unpaired) electrons. The first-order valence-electron chi connectivity index (χ1n) is 10.0. The highest BCUT2D eigenvalue weighted by Crippen LogP contribution is 2.31. The maximum atomic E-state index is 13.4. The molecule has 4 aromatic rings. The first kappa shape index (κ1) is 22.7. The summed E-state index contributed by atoms with van der Waals surface area (Å²) in [7, 11) is 1.28. The molecule has 1 amide bonds. The predicted molar refractivity (Wildman–Crippen MR) is 130 cm³/mol.